The van der Waals surface area contributed by atoms with Crippen LogP contribution in [-0.2, 0) is 0 Å². The summed E-state index contributed by atoms with van der Waals surface area (Å²) in [5.74, 6) is 0.0593. The Kier molecular flexibility index (Phi) is 6.68. The van der Waals surface area contributed by atoms with Gasteiger partial charge in [-0.1, -0.05) is 75.3 Å². The van der Waals surface area contributed by atoms with Crippen LogP contribution in [0, 0.1) is 20.2 Å². The van der Waals surface area contributed by atoms with Gasteiger partial charge in [-0.3, -0.25) is 20.2 Å². The second-order valence-corrected chi connectivity index (χ2v) is 12.0. The number of hydrogen-bond donors (Lipinski definition) is 0. The maximum atomic E-state index is 12.8. The van der Waals surface area contributed by atoms with Crippen molar-refractivity contribution in [2.75, 3.05) is 0 Å². The van der Waals surface area contributed by atoms with Gasteiger partial charge in [0.15, 0.2) is 0 Å². The summed E-state index contributed by atoms with van der Waals surface area (Å²) < 4.78 is 0. The van der Waals surface area contributed by atoms with Crippen molar-refractivity contribution in [3.8, 4) is 0 Å². The number of rotatable bonds is 7. The van der Waals surface area contributed by atoms with Gasteiger partial charge in [-0.15, -0.1) is 0 Å². The molecule has 0 radical (unpaired) electrons. The first-order chi connectivity index (χ1) is 17.2. The summed E-state index contributed by atoms with van der Waals surface area (Å²) >= 11 is 0. The first-order valence-corrected chi connectivity index (χ1v) is 13.4. The molecule has 6 nitrogen and oxygen atoms in total. The molecule has 196 valence electrons. The largest absolute Gasteiger partial charge is 0.287 e. The predicted octanol–water partition coefficient (Wildman–Crippen LogP) is 10.0. The molecule has 4 rings (SSSR count). The molecule has 0 aliphatic heterocycles. The van der Waals surface area contributed by atoms with E-state index in [1.165, 1.54) is 11.1 Å². The van der Waals surface area contributed by atoms with E-state index in [1.54, 1.807) is 0 Å². The van der Waals surface area contributed by atoms with Crippen LogP contribution in [0.2, 0.25) is 0 Å². The Hall–Kier alpha value is -3.28. The quantitative estimate of drug-likeness (QED) is 0.143. The molecule has 0 unspecified atom stereocenters. The highest BCUT2D eigenvalue weighted by molar-refractivity contribution is 6.30. The van der Waals surface area contributed by atoms with Gasteiger partial charge in [0.25, 0.3) is 11.4 Å². The third-order valence-corrected chi connectivity index (χ3v) is 7.81. The van der Waals surface area contributed by atoms with Crippen LogP contribution >= 0.6 is 0 Å². The molecule has 0 fully saturated rings. The highest BCUT2D eigenvalue weighted by Crippen LogP contribution is 2.54. The highest BCUT2D eigenvalue weighted by Gasteiger charge is 2.38. The van der Waals surface area contributed by atoms with Crippen molar-refractivity contribution in [2.45, 2.75) is 98.8 Å². The Labute approximate surface area is 218 Å². The molecule has 0 aliphatic rings. The molecule has 4 aromatic carbocycles. The average Bonchev–Trinajstić information content (AvgIpc) is 2.79. The van der Waals surface area contributed by atoms with Crippen LogP contribution in [0.4, 0.5) is 11.4 Å². The van der Waals surface area contributed by atoms with E-state index in [-0.39, 0.29) is 56.4 Å². The molecule has 0 atom stereocenters. The number of benzene rings is 4. The summed E-state index contributed by atoms with van der Waals surface area (Å²) in [5, 5.41) is 30.4. The summed E-state index contributed by atoms with van der Waals surface area (Å²) in [6.45, 7) is 20.4. The van der Waals surface area contributed by atoms with Crippen molar-refractivity contribution in [3.63, 3.8) is 0 Å². The molecule has 0 saturated carbocycles. The van der Waals surface area contributed by atoms with Gasteiger partial charge in [-0.05, 0) is 80.1 Å². The van der Waals surface area contributed by atoms with Gasteiger partial charge in [-0.2, -0.15) is 0 Å². The van der Waals surface area contributed by atoms with Crippen LogP contribution in [-0.4, -0.2) is 9.85 Å². The van der Waals surface area contributed by atoms with Crippen molar-refractivity contribution in [3.05, 3.63) is 66.2 Å². The molecule has 37 heavy (non-hydrogen) atoms. The summed E-state index contributed by atoms with van der Waals surface area (Å²) in [6, 6.07) is 6.55. The molecule has 0 heterocycles. The van der Waals surface area contributed by atoms with Gasteiger partial charge >= 0.3 is 0 Å². The van der Waals surface area contributed by atoms with E-state index in [0.717, 1.165) is 27.3 Å². The van der Waals surface area contributed by atoms with Crippen molar-refractivity contribution < 1.29 is 9.85 Å². The summed E-state index contributed by atoms with van der Waals surface area (Å²) in [7, 11) is 0. The Balaban J connectivity index is 2.60. The van der Waals surface area contributed by atoms with E-state index < -0.39 is 0 Å². The second-order valence-electron chi connectivity index (χ2n) is 12.0. The van der Waals surface area contributed by atoms with Gasteiger partial charge in [0.05, 0.1) is 20.6 Å². The van der Waals surface area contributed by atoms with Gasteiger partial charge in [-0.25, -0.2) is 0 Å². The first kappa shape index (κ1) is 26.8. The first-order valence-electron chi connectivity index (χ1n) is 13.4. The molecule has 0 saturated heterocycles. The Bertz CT molecular complexity index is 1460. The fraction of sp³-hybridized carbons (Fsp3) is 0.484. The monoisotopic (exact) mass is 502 g/mol. The fourth-order valence-corrected chi connectivity index (χ4v) is 6.14. The predicted molar refractivity (Wildman–Crippen MR) is 154 cm³/mol. The smallest absolute Gasteiger partial charge is 0.258 e. The van der Waals surface area contributed by atoms with Crippen molar-refractivity contribution in [1.82, 2.24) is 0 Å². The van der Waals surface area contributed by atoms with Gasteiger partial charge in [0.1, 0.15) is 5.56 Å². The minimum atomic E-state index is -0.389. The van der Waals surface area contributed by atoms with Crippen LogP contribution in [0.5, 0.6) is 0 Å². The summed E-state index contributed by atoms with van der Waals surface area (Å²) in [5.41, 5.74) is 4.11. The van der Waals surface area contributed by atoms with Crippen molar-refractivity contribution >= 4 is 43.7 Å². The van der Waals surface area contributed by atoms with Crippen molar-refractivity contribution in [2.24, 2.45) is 0 Å². The van der Waals surface area contributed by atoms with E-state index in [1.807, 2.05) is 41.5 Å². The lowest BCUT2D eigenvalue weighted by Crippen LogP contribution is -2.10. The molecular weight excluding hydrogens is 464 g/mol. The summed E-state index contributed by atoms with van der Waals surface area (Å²) in [4.78, 5) is 24.8. The van der Waals surface area contributed by atoms with E-state index in [0.29, 0.717) is 16.2 Å². The number of nitro benzene ring substituents is 2. The van der Waals surface area contributed by atoms with Crippen LogP contribution in [0.25, 0.3) is 32.3 Å². The third-order valence-electron chi connectivity index (χ3n) is 7.81. The van der Waals surface area contributed by atoms with Gasteiger partial charge < -0.3 is 0 Å². The molecule has 0 N–H and O–H groups in total. The Morgan fingerprint density at radius 1 is 0.486 bits per heavy atom. The maximum absolute atomic E-state index is 12.8. The second kappa shape index (κ2) is 9.23. The summed E-state index contributed by atoms with van der Waals surface area (Å²) in [6.07, 6.45) is 0. The van der Waals surface area contributed by atoms with E-state index in [9.17, 15) is 20.2 Å². The van der Waals surface area contributed by atoms with Crippen LogP contribution in [0.15, 0.2) is 18.2 Å². The number of nitrogens with zero attached hydrogens (tertiary/aromatic N) is 2. The van der Waals surface area contributed by atoms with E-state index in [2.05, 4.69) is 45.9 Å². The molecule has 6 heteroatoms. The lowest BCUT2D eigenvalue weighted by atomic mass is 9.76. The topological polar surface area (TPSA) is 86.3 Å². The Morgan fingerprint density at radius 2 is 0.838 bits per heavy atom. The van der Waals surface area contributed by atoms with Crippen LogP contribution in [0.1, 0.15) is 127 Å². The van der Waals surface area contributed by atoms with E-state index in [4.69, 9.17) is 0 Å². The molecule has 0 spiro atoms. The SMILES string of the molecule is CC(C)c1c([N+](=O)[O-])c2c(C(C)C)cc3c(C(C)C)cc(C(C)C)c4cc(C(C)C)c(c1[N+](=O)[O-])c2c34. The fourth-order valence-electron chi connectivity index (χ4n) is 6.14. The molecule has 0 aliphatic carbocycles. The normalized spacial score (nSPS) is 12.6. The zero-order valence-corrected chi connectivity index (χ0v) is 23.6. The minimum Gasteiger partial charge on any atom is -0.258 e. The zero-order chi connectivity index (χ0) is 27.7. The van der Waals surface area contributed by atoms with Crippen LogP contribution in [0.3, 0.4) is 0 Å². The maximum Gasteiger partial charge on any atom is 0.287 e. The lowest BCUT2D eigenvalue weighted by Gasteiger charge is -2.26. The molecule has 4 aromatic rings. The zero-order valence-electron chi connectivity index (χ0n) is 23.6. The molecule has 0 bridgehead atoms. The average molecular weight is 503 g/mol. The lowest BCUT2D eigenvalue weighted by molar-refractivity contribution is -0.393. The Morgan fingerprint density at radius 3 is 1.11 bits per heavy atom. The molecular formula is C31H38N2O4. The minimum absolute atomic E-state index is 0.000869. The van der Waals surface area contributed by atoms with Gasteiger partial charge in [0, 0.05) is 5.39 Å². The number of nitro groups is 2. The molecule has 0 aromatic heterocycles. The third kappa shape index (κ3) is 3.92. The standard InChI is InChI=1S/C31H38N2O4/c1-14(2)19-11-20(15(3)4)24-13-22(17(7)8)28-29-26(24)23(19)12-21(16(5)6)27(29)30(32(34)35)25(18(9)10)31(28)33(36)37/h11-18H,1-10H3. The van der Waals surface area contributed by atoms with E-state index >= 15 is 0 Å². The highest BCUT2D eigenvalue weighted by atomic mass is 16.6. The number of hydrogen-bond acceptors (Lipinski definition) is 4. The van der Waals surface area contributed by atoms with Crippen molar-refractivity contribution in [1.29, 1.82) is 0 Å². The molecule has 0 amide bonds. The van der Waals surface area contributed by atoms with Gasteiger partial charge in [0.2, 0.25) is 0 Å². The van der Waals surface area contributed by atoms with Crippen LogP contribution < -0.4 is 0 Å².